The molecule has 4 nitrogen and oxygen atoms in total. The Hall–Kier alpha value is -1.45. The average molecular weight is 122 g/mol. The van der Waals surface area contributed by atoms with Gasteiger partial charge in [0.15, 0.2) is 0 Å². The van der Waals surface area contributed by atoms with Crippen LogP contribution < -0.4 is 0 Å². The summed E-state index contributed by atoms with van der Waals surface area (Å²) >= 11 is 0. The van der Waals surface area contributed by atoms with Gasteiger partial charge in [-0.2, -0.15) is 0 Å². The van der Waals surface area contributed by atoms with E-state index in [4.69, 9.17) is 0 Å². The molecular formula is C5H6N4. The topological polar surface area (TPSA) is 43.1 Å². The lowest BCUT2D eigenvalue weighted by Crippen LogP contribution is -1.92. The Labute approximate surface area is 52.5 Å². The maximum atomic E-state index is 3.62. The molecule has 0 atom stereocenters. The molecule has 0 aliphatic heterocycles. The molecule has 0 radical (unpaired) electrons. The maximum Gasteiger partial charge on any atom is 0.147 e. The van der Waals surface area contributed by atoms with Gasteiger partial charge in [0.1, 0.15) is 5.82 Å². The normalized spacial score (nSPS) is 8.89. The minimum atomic E-state index is 0.479. The predicted molar refractivity (Wildman–Crippen MR) is 34.9 cm³/mol. The van der Waals surface area contributed by atoms with Gasteiger partial charge in [0.25, 0.3) is 0 Å². The van der Waals surface area contributed by atoms with E-state index in [-0.39, 0.29) is 0 Å². The minimum absolute atomic E-state index is 0.479. The third-order valence-corrected chi connectivity index (χ3v) is 0.870. The zero-order chi connectivity index (χ0) is 6.69. The van der Waals surface area contributed by atoms with E-state index in [2.05, 4.69) is 28.6 Å². The number of aromatic nitrogens is 3. The first kappa shape index (κ1) is 5.68. The highest BCUT2D eigenvalue weighted by molar-refractivity contribution is 5.46. The maximum absolute atomic E-state index is 3.62. The molecule has 0 aliphatic carbocycles. The molecule has 0 aromatic carbocycles. The molecule has 0 amide bonds. The van der Waals surface area contributed by atoms with E-state index < -0.39 is 0 Å². The largest absolute Gasteiger partial charge is 0.245 e. The first-order valence-electron chi connectivity index (χ1n) is 2.37. The van der Waals surface area contributed by atoms with Crippen molar-refractivity contribution in [3.8, 4) is 0 Å². The summed E-state index contributed by atoms with van der Waals surface area (Å²) in [6, 6.07) is 0. The van der Waals surface area contributed by atoms with Gasteiger partial charge in [0, 0.05) is 0 Å². The van der Waals surface area contributed by atoms with Crippen LogP contribution in [0.5, 0.6) is 0 Å². The first-order valence-corrected chi connectivity index (χ1v) is 2.37. The molecule has 0 bridgehead atoms. The molecule has 0 fully saturated rings. The molecule has 0 spiro atoms. The van der Waals surface area contributed by atoms with Crippen LogP contribution in [-0.2, 0) is 0 Å². The Morgan fingerprint density at radius 3 is 2.89 bits per heavy atom. The number of nitrogens with zero attached hydrogens (tertiary/aromatic N) is 4. The lowest BCUT2D eigenvalue weighted by atomic mass is 10.8. The molecule has 0 aliphatic rings. The van der Waals surface area contributed by atoms with Crippen molar-refractivity contribution in [1.29, 1.82) is 0 Å². The molecular weight excluding hydrogens is 116 g/mol. The van der Waals surface area contributed by atoms with Crippen LogP contribution in [0.4, 0.5) is 0 Å². The fourth-order valence-corrected chi connectivity index (χ4v) is 0.418. The van der Waals surface area contributed by atoms with Crippen LogP contribution in [0.3, 0.4) is 0 Å². The second-order valence-corrected chi connectivity index (χ2v) is 1.42. The predicted octanol–water partition coefficient (Wildman–Crippen LogP) is 0.407. The van der Waals surface area contributed by atoms with Crippen molar-refractivity contribution in [2.75, 3.05) is 0 Å². The summed E-state index contributed by atoms with van der Waals surface area (Å²) < 4.78 is 1.44. The van der Waals surface area contributed by atoms with Crippen molar-refractivity contribution < 1.29 is 0 Å². The fourth-order valence-electron chi connectivity index (χ4n) is 0.418. The van der Waals surface area contributed by atoms with Crippen molar-refractivity contribution in [3.05, 3.63) is 19.0 Å². The average Bonchev–Trinajstić information content (AvgIpc) is 2.37. The second-order valence-electron chi connectivity index (χ2n) is 1.42. The summed E-state index contributed by atoms with van der Waals surface area (Å²) in [5, 5.41) is 7.18. The summed E-state index contributed by atoms with van der Waals surface area (Å²) in [6.45, 7) is 6.83. The zero-order valence-electron chi connectivity index (χ0n) is 4.86. The van der Waals surface area contributed by atoms with E-state index in [0.29, 0.717) is 5.82 Å². The van der Waals surface area contributed by atoms with Crippen LogP contribution in [-0.4, -0.2) is 21.7 Å². The molecule has 0 saturated carbocycles. The van der Waals surface area contributed by atoms with E-state index in [1.54, 1.807) is 12.4 Å². The van der Waals surface area contributed by atoms with Crippen LogP contribution in [0.15, 0.2) is 24.0 Å². The van der Waals surface area contributed by atoms with Gasteiger partial charge in [-0.05, 0) is 6.72 Å². The Morgan fingerprint density at radius 1 is 1.67 bits per heavy atom. The third-order valence-electron chi connectivity index (χ3n) is 0.870. The highest BCUT2D eigenvalue weighted by Crippen LogP contribution is 1.95. The molecule has 0 unspecified atom stereocenters. The minimum Gasteiger partial charge on any atom is -0.245 e. The standard InChI is InChI=1S/C5H6N4/c1-5(6-2)9-4-3-7-8-9/h3-4H,1-2H2. The second kappa shape index (κ2) is 2.21. The molecule has 9 heavy (non-hydrogen) atoms. The monoisotopic (exact) mass is 122 g/mol. The molecule has 46 valence electrons. The summed E-state index contributed by atoms with van der Waals surface area (Å²) in [5.41, 5.74) is 0. The van der Waals surface area contributed by atoms with E-state index in [9.17, 15) is 0 Å². The summed E-state index contributed by atoms with van der Waals surface area (Å²) in [5.74, 6) is 0.479. The van der Waals surface area contributed by atoms with E-state index in [0.717, 1.165) is 0 Å². The van der Waals surface area contributed by atoms with Crippen molar-refractivity contribution in [1.82, 2.24) is 15.0 Å². The molecule has 1 aromatic rings. The third kappa shape index (κ3) is 1.02. The molecule has 1 rings (SSSR count). The van der Waals surface area contributed by atoms with Gasteiger partial charge in [0.05, 0.1) is 12.4 Å². The Bertz CT molecular complexity index is 211. The zero-order valence-corrected chi connectivity index (χ0v) is 4.86. The smallest absolute Gasteiger partial charge is 0.147 e. The number of aliphatic imine (C=N–C) groups is 1. The first-order chi connectivity index (χ1) is 4.34. The van der Waals surface area contributed by atoms with Gasteiger partial charge in [0.2, 0.25) is 0 Å². The van der Waals surface area contributed by atoms with Gasteiger partial charge < -0.3 is 0 Å². The SMILES string of the molecule is C=NC(=C)n1ccnn1. The van der Waals surface area contributed by atoms with Crippen LogP contribution in [0, 0.1) is 0 Å². The Kier molecular flexibility index (Phi) is 1.40. The number of rotatable bonds is 2. The van der Waals surface area contributed by atoms with Crippen molar-refractivity contribution in [2.24, 2.45) is 4.99 Å². The van der Waals surface area contributed by atoms with E-state index in [1.165, 1.54) is 4.68 Å². The Balaban J connectivity index is 2.89. The van der Waals surface area contributed by atoms with Gasteiger partial charge >= 0.3 is 0 Å². The van der Waals surface area contributed by atoms with Crippen molar-refractivity contribution >= 4 is 12.5 Å². The highest BCUT2D eigenvalue weighted by atomic mass is 15.4. The van der Waals surface area contributed by atoms with Crippen molar-refractivity contribution in [3.63, 3.8) is 0 Å². The van der Waals surface area contributed by atoms with Crippen LogP contribution in [0.1, 0.15) is 0 Å². The fraction of sp³-hybridized carbons (Fsp3) is 0. The highest BCUT2D eigenvalue weighted by Gasteiger charge is 1.89. The molecule has 1 heterocycles. The molecule has 0 saturated heterocycles. The lowest BCUT2D eigenvalue weighted by Gasteiger charge is -1.92. The molecule has 4 heteroatoms. The van der Waals surface area contributed by atoms with Gasteiger partial charge in [-0.25, -0.2) is 9.67 Å². The quantitative estimate of drug-likeness (QED) is 0.533. The van der Waals surface area contributed by atoms with Crippen LogP contribution in [0.25, 0.3) is 5.82 Å². The van der Waals surface area contributed by atoms with Gasteiger partial charge in [-0.3, -0.25) is 0 Å². The van der Waals surface area contributed by atoms with Crippen LogP contribution in [0.2, 0.25) is 0 Å². The summed E-state index contributed by atoms with van der Waals surface area (Å²) in [6.07, 6.45) is 3.20. The van der Waals surface area contributed by atoms with Crippen molar-refractivity contribution in [2.45, 2.75) is 0 Å². The molecule has 1 aromatic heterocycles. The number of hydrogen-bond acceptors (Lipinski definition) is 3. The lowest BCUT2D eigenvalue weighted by molar-refractivity contribution is 0.812. The summed E-state index contributed by atoms with van der Waals surface area (Å²) in [4.78, 5) is 3.55. The van der Waals surface area contributed by atoms with Gasteiger partial charge in [-0.1, -0.05) is 11.8 Å². The van der Waals surface area contributed by atoms with E-state index >= 15 is 0 Å². The molecule has 0 N–H and O–H groups in total. The number of hydrogen-bond donors (Lipinski definition) is 0. The van der Waals surface area contributed by atoms with Crippen LogP contribution >= 0.6 is 0 Å². The van der Waals surface area contributed by atoms with Gasteiger partial charge in [-0.15, -0.1) is 5.10 Å². The Morgan fingerprint density at radius 2 is 2.44 bits per heavy atom. The van der Waals surface area contributed by atoms with E-state index in [1.807, 2.05) is 0 Å². The summed E-state index contributed by atoms with van der Waals surface area (Å²) in [7, 11) is 0.